The summed E-state index contributed by atoms with van der Waals surface area (Å²) in [5, 5.41) is 0.243. The van der Waals surface area contributed by atoms with Gasteiger partial charge in [0.25, 0.3) is 0 Å². The van der Waals surface area contributed by atoms with Crippen LogP contribution in [0.2, 0.25) is 5.02 Å². The average Bonchev–Trinajstić information content (AvgIpc) is 2.44. The number of alkyl halides is 3. The molecular weight excluding hydrogens is 345 g/mol. The molecule has 24 heavy (non-hydrogen) atoms. The maximum atomic E-state index is 13.2. The van der Waals surface area contributed by atoms with Gasteiger partial charge in [0.15, 0.2) is 0 Å². The van der Waals surface area contributed by atoms with Crippen LogP contribution < -0.4 is 4.90 Å². The van der Waals surface area contributed by atoms with Gasteiger partial charge in [-0.25, -0.2) is 4.79 Å². The predicted octanol–water partition coefficient (Wildman–Crippen LogP) is 4.42. The maximum absolute atomic E-state index is 13.2. The van der Waals surface area contributed by atoms with E-state index in [-0.39, 0.29) is 23.8 Å². The van der Waals surface area contributed by atoms with E-state index in [2.05, 4.69) is 0 Å². The lowest BCUT2D eigenvalue weighted by Gasteiger charge is -2.37. The molecule has 0 aromatic heterocycles. The predicted molar refractivity (Wildman–Crippen MR) is 86.5 cm³/mol. The second-order valence-electron chi connectivity index (χ2n) is 6.61. The molecule has 1 saturated heterocycles. The van der Waals surface area contributed by atoms with E-state index in [4.69, 9.17) is 16.3 Å². The van der Waals surface area contributed by atoms with Gasteiger partial charge in [-0.1, -0.05) is 11.6 Å². The summed E-state index contributed by atoms with van der Waals surface area (Å²) < 4.78 is 44.8. The van der Waals surface area contributed by atoms with Gasteiger partial charge in [0.2, 0.25) is 0 Å². The Morgan fingerprint density at radius 3 is 2.21 bits per heavy atom. The van der Waals surface area contributed by atoms with Crippen LogP contribution in [0, 0.1) is 0 Å². The summed E-state index contributed by atoms with van der Waals surface area (Å²) in [5.41, 5.74) is -1.29. The van der Waals surface area contributed by atoms with Crippen molar-refractivity contribution >= 4 is 23.4 Å². The number of hydrogen-bond acceptors (Lipinski definition) is 3. The van der Waals surface area contributed by atoms with Crippen molar-refractivity contribution in [3.05, 3.63) is 28.8 Å². The number of nitrogens with zero attached hydrogens (tertiary/aromatic N) is 2. The monoisotopic (exact) mass is 364 g/mol. The highest BCUT2D eigenvalue weighted by Gasteiger charge is 2.36. The molecule has 1 aliphatic rings. The minimum absolute atomic E-state index is 0.0406. The molecule has 1 aliphatic heterocycles. The van der Waals surface area contributed by atoms with Crippen LogP contribution in [0.4, 0.5) is 23.7 Å². The number of amides is 1. The zero-order valence-corrected chi connectivity index (χ0v) is 14.5. The van der Waals surface area contributed by atoms with Crippen LogP contribution in [-0.2, 0) is 10.9 Å². The van der Waals surface area contributed by atoms with Crippen LogP contribution in [0.3, 0.4) is 0 Å². The van der Waals surface area contributed by atoms with Crippen molar-refractivity contribution in [2.24, 2.45) is 0 Å². The van der Waals surface area contributed by atoms with Gasteiger partial charge in [-0.05, 0) is 39.0 Å². The van der Waals surface area contributed by atoms with Gasteiger partial charge >= 0.3 is 12.3 Å². The van der Waals surface area contributed by atoms with Crippen molar-refractivity contribution in [3.8, 4) is 0 Å². The van der Waals surface area contributed by atoms with E-state index in [1.54, 1.807) is 25.7 Å². The van der Waals surface area contributed by atoms with E-state index in [0.717, 1.165) is 6.07 Å². The molecule has 0 radical (unpaired) electrons. The van der Waals surface area contributed by atoms with E-state index in [9.17, 15) is 18.0 Å². The van der Waals surface area contributed by atoms with Crippen LogP contribution in [0.1, 0.15) is 26.3 Å². The number of benzene rings is 1. The molecule has 1 aromatic rings. The van der Waals surface area contributed by atoms with Crippen molar-refractivity contribution in [3.63, 3.8) is 0 Å². The SMILES string of the molecule is CC(C)(C)OC(=O)N1CCN(c2cc(Cl)ccc2C(F)(F)F)CC1. The molecule has 0 saturated carbocycles. The molecule has 0 unspecified atom stereocenters. The summed E-state index contributed by atoms with van der Waals surface area (Å²) in [7, 11) is 0. The highest BCUT2D eigenvalue weighted by Crippen LogP contribution is 2.38. The standard InChI is InChI=1S/C16H20ClF3N2O2/c1-15(2,3)24-14(23)22-8-6-21(7-9-22)13-10-11(17)4-5-12(13)16(18,19)20/h4-5,10H,6-9H2,1-3H3. The molecule has 1 amide bonds. The van der Waals surface area contributed by atoms with E-state index in [1.165, 1.54) is 17.0 Å². The number of anilines is 1. The zero-order valence-electron chi connectivity index (χ0n) is 13.8. The van der Waals surface area contributed by atoms with Crippen LogP contribution in [-0.4, -0.2) is 42.8 Å². The molecule has 1 heterocycles. The lowest BCUT2D eigenvalue weighted by atomic mass is 10.1. The summed E-state index contributed by atoms with van der Waals surface area (Å²) in [6.07, 6.45) is -4.91. The second-order valence-corrected chi connectivity index (χ2v) is 7.05. The van der Waals surface area contributed by atoms with Crippen LogP contribution >= 0.6 is 11.6 Å². The molecule has 0 aliphatic carbocycles. The first-order valence-electron chi connectivity index (χ1n) is 7.57. The van der Waals surface area contributed by atoms with E-state index < -0.39 is 23.4 Å². The fourth-order valence-electron chi connectivity index (χ4n) is 2.46. The fourth-order valence-corrected chi connectivity index (χ4v) is 2.63. The number of carbonyl (C=O) groups is 1. The molecule has 0 atom stereocenters. The number of ether oxygens (including phenoxy) is 1. The molecule has 1 fully saturated rings. The summed E-state index contributed by atoms with van der Waals surface area (Å²) in [4.78, 5) is 15.1. The number of rotatable bonds is 1. The molecule has 4 nitrogen and oxygen atoms in total. The Labute approximate surface area is 144 Å². The Bertz CT molecular complexity index is 606. The zero-order chi connectivity index (χ0) is 18.1. The minimum Gasteiger partial charge on any atom is -0.444 e. The number of hydrogen-bond donors (Lipinski definition) is 0. The topological polar surface area (TPSA) is 32.8 Å². The van der Waals surface area contributed by atoms with Crippen molar-refractivity contribution in [1.29, 1.82) is 0 Å². The third-order valence-corrected chi connectivity index (χ3v) is 3.77. The second kappa shape index (κ2) is 6.70. The summed E-state index contributed by atoms with van der Waals surface area (Å²) in [6, 6.07) is 3.52. The molecule has 2 rings (SSSR count). The van der Waals surface area contributed by atoms with Gasteiger partial charge in [0, 0.05) is 31.2 Å². The third-order valence-electron chi connectivity index (χ3n) is 3.54. The van der Waals surface area contributed by atoms with Gasteiger partial charge in [-0.15, -0.1) is 0 Å². The quantitative estimate of drug-likeness (QED) is 0.739. The first kappa shape index (κ1) is 18.7. The smallest absolute Gasteiger partial charge is 0.418 e. The largest absolute Gasteiger partial charge is 0.444 e. The summed E-state index contributed by atoms with van der Waals surface area (Å²) >= 11 is 5.86. The molecule has 0 spiro atoms. The van der Waals surface area contributed by atoms with Crippen molar-refractivity contribution in [2.75, 3.05) is 31.1 Å². The van der Waals surface area contributed by atoms with Crippen molar-refractivity contribution < 1.29 is 22.7 Å². The highest BCUT2D eigenvalue weighted by molar-refractivity contribution is 6.30. The van der Waals surface area contributed by atoms with Gasteiger partial charge in [0.1, 0.15) is 5.60 Å². The molecular formula is C16H20ClF3N2O2. The van der Waals surface area contributed by atoms with E-state index in [0.29, 0.717) is 13.1 Å². The number of carbonyl (C=O) groups excluding carboxylic acids is 1. The fraction of sp³-hybridized carbons (Fsp3) is 0.562. The Kier molecular flexibility index (Phi) is 5.22. The average molecular weight is 365 g/mol. The van der Waals surface area contributed by atoms with E-state index in [1.807, 2.05) is 0 Å². The van der Waals surface area contributed by atoms with E-state index >= 15 is 0 Å². The first-order valence-corrected chi connectivity index (χ1v) is 7.95. The van der Waals surface area contributed by atoms with Gasteiger partial charge in [-0.3, -0.25) is 0 Å². The molecule has 0 N–H and O–H groups in total. The molecule has 0 bridgehead atoms. The Balaban J connectivity index is 2.10. The first-order chi connectivity index (χ1) is 11.0. The third kappa shape index (κ3) is 4.69. The van der Waals surface area contributed by atoms with Gasteiger partial charge in [0.05, 0.1) is 11.3 Å². The highest BCUT2D eigenvalue weighted by atomic mass is 35.5. The Morgan fingerprint density at radius 1 is 1.12 bits per heavy atom. The number of halogens is 4. The van der Waals surface area contributed by atoms with Crippen LogP contribution in [0.25, 0.3) is 0 Å². The molecule has 134 valence electrons. The normalized spacial score (nSPS) is 16.3. The van der Waals surface area contributed by atoms with Crippen LogP contribution in [0.15, 0.2) is 18.2 Å². The van der Waals surface area contributed by atoms with Gasteiger partial charge < -0.3 is 14.5 Å². The molecule has 8 heteroatoms. The van der Waals surface area contributed by atoms with Gasteiger partial charge in [-0.2, -0.15) is 13.2 Å². The van der Waals surface area contributed by atoms with Crippen molar-refractivity contribution in [2.45, 2.75) is 32.5 Å². The summed E-state index contributed by atoms with van der Waals surface area (Å²) in [6.45, 7) is 6.44. The number of piperazine rings is 1. The lowest BCUT2D eigenvalue weighted by Crippen LogP contribution is -2.50. The maximum Gasteiger partial charge on any atom is 0.418 e. The van der Waals surface area contributed by atoms with Crippen LogP contribution in [0.5, 0.6) is 0 Å². The van der Waals surface area contributed by atoms with Crippen molar-refractivity contribution in [1.82, 2.24) is 4.90 Å². The lowest BCUT2D eigenvalue weighted by molar-refractivity contribution is -0.137. The summed E-state index contributed by atoms with van der Waals surface area (Å²) in [5.74, 6) is 0. The molecule has 1 aromatic carbocycles. The minimum atomic E-state index is -4.46. The Hall–Kier alpha value is -1.63. The Morgan fingerprint density at radius 2 is 1.71 bits per heavy atom.